The average molecular weight is 555 g/mol. The molecule has 6 rings (SSSR count). The zero-order valence-electron chi connectivity index (χ0n) is 21.5. The summed E-state index contributed by atoms with van der Waals surface area (Å²) in [5.41, 5.74) is 11.0. The molecule has 40 heavy (non-hydrogen) atoms. The highest BCUT2D eigenvalue weighted by Crippen LogP contribution is 2.43. The number of fused-ring (bicyclic) bond motifs is 1. The number of nitrogen functional groups attached to an aromatic ring is 1. The van der Waals surface area contributed by atoms with Crippen LogP contribution < -0.4 is 15.8 Å². The van der Waals surface area contributed by atoms with E-state index in [0.717, 1.165) is 24.1 Å². The van der Waals surface area contributed by atoms with Crippen LogP contribution in [0.25, 0.3) is 33.4 Å². The first kappa shape index (κ1) is 25.5. The predicted octanol–water partition coefficient (Wildman–Crippen LogP) is 6.77. The molecule has 2 aromatic carbocycles. The van der Waals surface area contributed by atoms with Gasteiger partial charge in [0.1, 0.15) is 17.8 Å². The number of halogens is 2. The largest absolute Gasteiger partial charge is 0.436 e. The number of anilines is 2. The third kappa shape index (κ3) is 4.76. The molecule has 0 aliphatic heterocycles. The summed E-state index contributed by atoms with van der Waals surface area (Å²) >= 11 is 5.88. The smallest absolute Gasteiger partial charge is 0.251 e. The molecular formula is C30H24ClFN6O2. The molecule has 0 bridgehead atoms. The van der Waals surface area contributed by atoms with Crippen LogP contribution in [0.1, 0.15) is 12.8 Å². The Bertz CT molecular complexity index is 1780. The third-order valence-corrected chi connectivity index (χ3v) is 7.13. The number of nitrogens with one attached hydrogen (secondary N) is 1. The zero-order chi connectivity index (χ0) is 28.0. The summed E-state index contributed by atoms with van der Waals surface area (Å²) in [4.78, 5) is 25.2. The summed E-state index contributed by atoms with van der Waals surface area (Å²) in [6.45, 7) is 3.92. The number of hydrogen-bond acceptors (Lipinski definition) is 6. The SMILES string of the molecule is C=C(C(=O)Nc1ccc(-c2c(-c3ccc(Oc4ccc(Cl)cn4)c(F)c3)c3c(N)ncnc3n2C)cc1)C1CC1. The summed E-state index contributed by atoms with van der Waals surface area (Å²) in [7, 11) is 1.86. The number of ether oxygens (including phenoxy) is 1. The second-order valence-electron chi connectivity index (χ2n) is 9.63. The molecule has 1 aliphatic rings. The van der Waals surface area contributed by atoms with Gasteiger partial charge in [-0.05, 0) is 60.2 Å². The van der Waals surface area contributed by atoms with Crippen LogP contribution in [0.2, 0.25) is 5.02 Å². The van der Waals surface area contributed by atoms with E-state index in [2.05, 4.69) is 26.8 Å². The Labute approximate surface area is 234 Å². The normalized spacial score (nSPS) is 12.9. The first-order valence-corrected chi connectivity index (χ1v) is 13.0. The highest BCUT2D eigenvalue weighted by molar-refractivity contribution is 6.30. The molecule has 3 heterocycles. The quantitative estimate of drug-likeness (QED) is 0.215. The van der Waals surface area contributed by atoms with Crippen LogP contribution in [0, 0.1) is 11.7 Å². The lowest BCUT2D eigenvalue weighted by Crippen LogP contribution is -2.14. The van der Waals surface area contributed by atoms with Crippen molar-refractivity contribution >= 4 is 40.0 Å². The molecule has 0 atom stereocenters. The third-order valence-electron chi connectivity index (χ3n) is 6.91. The molecule has 1 saturated carbocycles. The minimum absolute atomic E-state index is 0.0115. The standard InChI is InChI=1S/C30H24ClFN6O2/c1-16(17-3-4-17)30(39)37-21-9-5-18(6-10-21)27-25(26-28(33)35-15-36-29(26)38(27)2)19-7-11-23(22(32)13-19)40-24-12-8-20(31)14-34-24/h5-15,17H,1,3-4H2,2H3,(H,37,39)(H2,33,35,36). The summed E-state index contributed by atoms with van der Waals surface area (Å²) in [6, 6.07) is 15.3. The molecular weight excluding hydrogens is 531 g/mol. The summed E-state index contributed by atoms with van der Waals surface area (Å²) in [5, 5.41) is 3.96. The van der Waals surface area contributed by atoms with E-state index in [0.29, 0.717) is 38.4 Å². The van der Waals surface area contributed by atoms with Crippen molar-refractivity contribution < 1.29 is 13.9 Å². The fraction of sp³-hybridized carbons (Fsp3) is 0.133. The second-order valence-corrected chi connectivity index (χ2v) is 10.1. The van der Waals surface area contributed by atoms with Crippen molar-refractivity contribution in [1.29, 1.82) is 0 Å². The molecule has 0 unspecified atom stereocenters. The van der Waals surface area contributed by atoms with Crippen LogP contribution >= 0.6 is 11.6 Å². The number of nitrogens with two attached hydrogens (primary N) is 1. The van der Waals surface area contributed by atoms with Crippen LogP contribution in [0.5, 0.6) is 11.6 Å². The number of hydrogen-bond donors (Lipinski definition) is 2. The molecule has 3 N–H and O–H groups in total. The summed E-state index contributed by atoms with van der Waals surface area (Å²) < 4.78 is 22.9. The molecule has 1 fully saturated rings. The maximum absolute atomic E-state index is 15.3. The van der Waals surface area contributed by atoms with Gasteiger partial charge in [-0.1, -0.05) is 36.4 Å². The number of amides is 1. The van der Waals surface area contributed by atoms with Gasteiger partial charge in [-0.3, -0.25) is 4.79 Å². The van der Waals surface area contributed by atoms with Gasteiger partial charge in [-0.25, -0.2) is 19.3 Å². The Hall–Kier alpha value is -4.76. The number of carbonyl (C=O) groups is 1. The number of rotatable bonds is 7. The number of carbonyl (C=O) groups excluding carboxylic acids is 1. The topological polar surface area (TPSA) is 108 Å². The van der Waals surface area contributed by atoms with E-state index in [1.54, 1.807) is 18.2 Å². The molecule has 3 aromatic heterocycles. The van der Waals surface area contributed by atoms with Crippen molar-refractivity contribution in [1.82, 2.24) is 19.5 Å². The van der Waals surface area contributed by atoms with Crippen molar-refractivity contribution in [2.24, 2.45) is 13.0 Å². The van der Waals surface area contributed by atoms with E-state index in [4.69, 9.17) is 22.1 Å². The maximum atomic E-state index is 15.3. The van der Waals surface area contributed by atoms with Crippen molar-refractivity contribution in [3.05, 3.63) is 90.1 Å². The predicted molar refractivity (Wildman–Crippen MR) is 154 cm³/mol. The van der Waals surface area contributed by atoms with Gasteiger partial charge in [0.15, 0.2) is 11.6 Å². The molecule has 1 amide bonds. The van der Waals surface area contributed by atoms with E-state index < -0.39 is 5.82 Å². The molecule has 8 nitrogen and oxygen atoms in total. The van der Waals surface area contributed by atoms with Crippen molar-refractivity contribution in [2.75, 3.05) is 11.1 Å². The molecule has 200 valence electrons. The lowest BCUT2D eigenvalue weighted by Gasteiger charge is -2.12. The summed E-state index contributed by atoms with van der Waals surface area (Å²) in [6.07, 6.45) is 4.83. The van der Waals surface area contributed by atoms with Gasteiger partial charge in [-0.15, -0.1) is 0 Å². The van der Waals surface area contributed by atoms with Crippen molar-refractivity contribution in [3.63, 3.8) is 0 Å². The highest BCUT2D eigenvalue weighted by Gasteiger charge is 2.29. The van der Waals surface area contributed by atoms with Gasteiger partial charge in [0.2, 0.25) is 5.88 Å². The number of pyridine rings is 1. The van der Waals surface area contributed by atoms with E-state index in [9.17, 15) is 4.79 Å². The number of nitrogens with zero attached hydrogens (tertiary/aromatic N) is 4. The van der Waals surface area contributed by atoms with Crippen LogP contribution in [-0.4, -0.2) is 25.4 Å². The monoisotopic (exact) mass is 554 g/mol. The minimum atomic E-state index is -0.582. The fourth-order valence-electron chi connectivity index (χ4n) is 4.71. The zero-order valence-corrected chi connectivity index (χ0v) is 22.2. The van der Waals surface area contributed by atoms with Gasteiger partial charge in [0.25, 0.3) is 5.91 Å². The Morgan fingerprint density at radius 2 is 1.85 bits per heavy atom. The molecule has 0 saturated heterocycles. The van der Waals surface area contributed by atoms with E-state index in [1.807, 2.05) is 35.9 Å². The maximum Gasteiger partial charge on any atom is 0.251 e. The summed E-state index contributed by atoms with van der Waals surface area (Å²) in [5.74, 6) is 0.0286. The van der Waals surface area contributed by atoms with Crippen molar-refractivity contribution in [3.8, 4) is 34.0 Å². The first-order valence-electron chi connectivity index (χ1n) is 12.6. The highest BCUT2D eigenvalue weighted by atomic mass is 35.5. The molecule has 5 aromatic rings. The molecule has 10 heteroatoms. The van der Waals surface area contributed by atoms with Crippen LogP contribution in [-0.2, 0) is 11.8 Å². The van der Waals surface area contributed by atoms with Gasteiger partial charge in [0.05, 0.1) is 16.1 Å². The van der Waals surface area contributed by atoms with Crippen LogP contribution in [0.4, 0.5) is 15.9 Å². The van der Waals surface area contributed by atoms with E-state index in [-0.39, 0.29) is 29.3 Å². The van der Waals surface area contributed by atoms with Gasteiger partial charge in [0, 0.05) is 36.1 Å². The fourth-order valence-corrected chi connectivity index (χ4v) is 4.82. The lowest BCUT2D eigenvalue weighted by molar-refractivity contribution is -0.113. The van der Waals surface area contributed by atoms with Gasteiger partial charge in [-0.2, -0.15) is 0 Å². The van der Waals surface area contributed by atoms with Crippen molar-refractivity contribution in [2.45, 2.75) is 12.8 Å². The number of benzene rings is 2. The lowest BCUT2D eigenvalue weighted by atomic mass is 9.98. The first-order chi connectivity index (χ1) is 19.3. The Morgan fingerprint density at radius 1 is 1.10 bits per heavy atom. The second kappa shape index (κ2) is 10.1. The van der Waals surface area contributed by atoms with Crippen LogP contribution in [0.15, 0.2) is 79.3 Å². The Morgan fingerprint density at radius 3 is 2.52 bits per heavy atom. The van der Waals surface area contributed by atoms with Crippen LogP contribution in [0.3, 0.4) is 0 Å². The molecule has 0 spiro atoms. The van der Waals surface area contributed by atoms with Gasteiger partial charge < -0.3 is 20.4 Å². The average Bonchev–Trinajstić information content (AvgIpc) is 3.75. The molecule has 1 aliphatic carbocycles. The minimum Gasteiger partial charge on any atom is -0.436 e. The van der Waals surface area contributed by atoms with E-state index in [1.165, 1.54) is 24.7 Å². The number of aryl methyl sites for hydroxylation is 1. The van der Waals surface area contributed by atoms with E-state index >= 15 is 4.39 Å². The Kier molecular flexibility index (Phi) is 6.43. The van der Waals surface area contributed by atoms with Gasteiger partial charge >= 0.3 is 0 Å². The molecule has 0 radical (unpaired) electrons. The number of aromatic nitrogens is 4. The Balaban J connectivity index is 1.39.